The van der Waals surface area contributed by atoms with Gasteiger partial charge in [0.25, 0.3) is 0 Å². The summed E-state index contributed by atoms with van der Waals surface area (Å²) in [4.78, 5) is 12.1. The minimum Gasteiger partial charge on any atom is -0.465 e. The highest BCUT2D eigenvalue weighted by atomic mass is 16.4. The van der Waals surface area contributed by atoms with Crippen LogP contribution >= 0.6 is 0 Å². The number of aromatic nitrogens is 2. The molecule has 0 aromatic carbocycles. The first-order chi connectivity index (χ1) is 7.16. The molecule has 1 atom stereocenters. The summed E-state index contributed by atoms with van der Waals surface area (Å²) in [5.41, 5.74) is 0. The third-order valence-corrected chi connectivity index (χ3v) is 2.29. The Kier molecular flexibility index (Phi) is 2.55. The van der Waals surface area contributed by atoms with Crippen LogP contribution in [0.2, 0.25) is 0 Å². The van der Waals surface area contributed by atoms with Crippen LogP contribution < -0.4 is 5.32 Å². The van der Waals surface area contributed by atoms with Gasteiger partial charge in [-0.15, -0.1) is 10.2 Å². The van der Waals surface area contributed by atoms with Crippen molar-refractivity contribution in [1.29, 1.82) is 0 Å². The Hall–Kier alpha value is -1.63. The first kappa shape index (κ1) is 9.91. The van der Waals surface area contributed by atoms with Crippen LogP contribution in [0, 0.1) is 6.92 Å². The zero-order valence-electron chi connectivity index (χ0n) is 8.30. The van der Waals surface area contributed by atoms with Gasteiger partial charge in [0.05, 0.1) is 0 Å². The fraction of sp³-hybridized carbons (Fsp3) is 0.625. The van der Waals surface area contributed by atoms with E-state index < -0.39 is 6.09 Å². The third-order valence-electron chi connectivity index (χ3n) is 2.29. The van der Waals surface area contributed by atoms with Crippen LogP contribution in [0.25, 0.3) is 0 Å². The molecule has 7 heteroatoms. The molecule has 0 spiro atoms. The van der Waals surface area contributed by atoms with E-state index in [2.05, 4.69) is 15.5 Å². The second-order valence-corrected chi connectivity index (χ2v) is 3.39. The highest BCUT2D eigenvalue weighted by molar-refractivity contribution is 5.65. The van der Waals surface area contributed by atoms with Crippen LogP contribution in [0.4, 0.5) is 4.79 Å². The fourth-order valence-electron chi connectivity index (χ4n) is 1.54. The van der Waals surface area contributed by atoms with Crippen molar-refractivity contribution in [2.75, 3.05) is 19.6 Å². The molecule has 0 radical (unpaired) electrons. The molecule has 1 aliphatic heterocycles. The molecule has 1 saturated heterocycles. The number of hydrogen-bond donors (Lipinski definition) is 2. The molecule has 2 N–H and O–H groups in total. The van der Waals surface area contributed by atoms with E-state index >= 15 is 0 Å². The van der Waals surface area contributed by atoms with Crippen molar-refractivity contribution in [2.45, 2.75) is 13.0 Å². The van der Waals surface area contributed by atoms with E-state index in [-0.39, 0.29) is 6.04 Å². The minimum absolute atomic E-state index is 0.198. The topological polar surface area (TPSA) is 91.5 Å². The summed E-state index contributed by atoms with van der Waals surface area (Å²) in [5.74, 6) is 0.928. The second-order valence-electron chi connectivity index (χ2n) is 3.39. The summed E-state index contributed by atoms with van der Waals surface area (Å²) in [6, 6.07) is -0.198. The fourth-order valence-corrected chi connectivity index (χ4v) is 1.54. The number of amides is 1. The second kappa shape index (κ2) is 3.85. The van der Waals surface area contributed by atoms with Crippen molar-refractivity contribution < 1.29 is 14.3 Å². The number of carbonyl (C=O) groups is 1. The van der Waals surface area contributed by atoms with E-state index in [1.807, 2.05) is 0 Å². The predicted molar refractivity (Wildman–Crippen MR) is 49.4 cm³/mol. The van der Waals surface area contributed by atoms with Crippen LogP contribution in [0.5, 0.6) is 0 Å². The average Bonchev–Trinajstić information content (AvgIpc) is 2.65. The number of aryl methyl sites for hydroxylation is 1. The van der Waals surface area contributed by atoms with E-state index in [1.165, 1.54) is 4.90 Å². The summed E-state index contributed by atoms with van der Waals surface area (Å²) < 4.78 is 5.25. The standard InChI is InChI=1S/C8H12N4O3/c1-5-10-11-7(15-5)6-4-12(8(13)14)3-2-9-6/h6,9H,2-4H2,1H3,(H,13,14)/t6-/m1/s1. The van der Waals surface area contributed by atoms with Gasteiger partial charge in [0.1, 0.15) is 6.04 Å². The number of carboxylic acid groups (broad SMARTS) is 1. The summed E-state index contributed by atoms with van der Waals surface area (Å²) in [6.45, 7) is 3.13. The van der Waals surface area contributed by atoms with Gasteiger partial charge in [0.15, 0.2) is 0 Å². The Balaban J connectivity index is 2.07. The lowest BCUT2D eigenvalue weighted by Crippen LogP contribution is -2.47. The maximum absolute atomic E-state index is 10.8. The zero-order chi connectivity index (χ0) is 10.8. The molecule has 82 valence electrons. The lowest BCUT2D eigenvalue weighted by molar-refractivity contribution is 0.125. The number of nitrogens with zero attached hydrogens (tertiary/aromatic N) is 3. The van der Waals surface area contributed by atoms with Crippen molar-refractivity contribution in [3.63, 3.8) is 0 Å². The maximum atomic E-state index is 10.8. The van der Waals surface area contributed by atoms with Crippen LogP contribution in [0.3, 0.4) is 0 Å². The molecular formula is C8H12N4O3. The van der Waals surface area contributed by atoms with Gasteiger partial charge in [-0.2, -0.15) is 0 Å². The van der Waals surface area contributed by atoms with E-state index in [1.54, 1.807) is 6.92 Å². The SMILES string of the molecule is Cc1nnc([C@H]2CN(C(=O)O)CCN2)o1. The summed E-state index contributed by atoms with van der Waals surface area (Å²) >= 11 is 0. The number of nitrogens with one attached hydrogen (secondary N) is 1. The molecule has 7 nitrogen and oxygen atoms in total. The molecule has 1 aromatic rings. The average molecular weight is 212 g/mol. The van der Waals surface area contributed by atoms with Gasteiger partial charge in [-0.1, -0.05) is 0 Å². The van der Waals surface area contributed by atoms with E-state index in [9.17, 15) is 4.79 Å². The minimum atomic E-state index is -0.919. The van der Waals surface area contributed by atoms with Crippen LogP contribution in [0.15, 0.2) is 4.42 Å². The van der Waals surface area contributed by atoms with Gasteiger partial charge in [0.2, 0.25) is 11.8 Å². The molecule has 0 aliphatic carbocycles. The Labute approximate surface area is 86.1 Å². The van der Waals surface area contributed by atoms with Crippen molar-refractivity contribution in [2.24, 2.45) is 0 Å². The van der Waals surface area contributed by atoms with E-state index in [0.717, 1.165) is 0 Å². The molecule has 0 saturated carbocycles. The third kappa shape index (κ3) is 2.07. The molecule has 0 unspecified atom stereocenters. The van der Waals surface area contributed by atoms with Gasteiger partial charge in [0, 0.05) is 26.6 Å². The van der Waals surface area contributed by atoms with Crippen LogP contribution in [0.1, 0.15) is 17.8 Å². The predicted octanol–water partition coefficient (Wildman–Crippen LogP) is 0.00232. The smallest absolute Gasteiger partial charge is 0.407 e. The molecule has 1 aliphatic rings. The van der Waals surface area contributed by atoms with Crippen molar-refractivity contribution >= 4 is 6.09 Å². The van der Waals surface area contributed by atoms with E-state index in [4.69, 9.17) is 9.52 Å². The molecule has 15 heavy (non-hydrogen) atoms. The Morgan fingerprint density at radius 1 is 1.67 bits per heavy atom. The zero-order valence-corrected chi connectivity index (χ0v) is 8.30. The van der Waals surface area contributed by atoms with Gasteiger partial charge in [-0.05, 0) is 0 Å². The number of hydrogen-bond acceptors (Lipinski definition) is 5. The van der Waals surface area contributed by atoms with Gasteiger partial charge in [-0.3, -0.25) is 0 Å². The monoisotopic (exact) mass is 212 g/mol. The molecule has 1 amide bonds. The van der Waals surface area contributed by atoms with Crippen LogP contribution in [-0.4, -0.2) is 45.9 Å². The number of rotatable bonds is 1. The van der Waals surface area contributed by atoms with Gasteiger partial charge < -0.3 is 19.7 Å². The highest BCUT2D eigenvalue weighted by Gasteiger charge is 2.27. The molecule has 1 aromatic heterocycles. The summed E-state index contributed by atoms with van der Waals surface area (Å²) in [7, 11) is 0. The molecule has 1 fully saturated rings. The largest absolute Gasteiger partial charge is 0.465 e. The molecular weight excluding hydrogens is 200 g/mol. The van der Waals surface area contributed by atoms with Crippen LogP contribution in [-0.2, 0) is 0 Å². The first-order valence-electron chi connectivity index (χ1n) is 4.68. The van der Waals surface area contributed by atoms with Gasteiger partial charge >= 0.3 is 6.09 Å². The van der Waals surface area contributed by atoms with Crippen molar-refractivity contribution in [1.82, 2.24) is 20.4 Å². The molecule has 0 bridgehead atoms. The normalized spacial score (nSPS) is 21.7. The maximum Gasteiger partial charge on any atom is 0.407 e. The first-order valence-corrected chi connectivity index (χ1v) is 4.68. The summed E-state index contributed by atoms with van der Waals surface area (Å²) in [5, 5.41) is 19.5. The Morgan fingerprint density at radius 3 is 3.07 bits per heavy atom. The van der Waals surface area contributed by atoms with Crippen molar-refractivity contribution in [3.05, 3.63) is 11.8 Å². The quantitative estimate of drug-likeness (QED) is 0.681. The molecule has 2 rings (SSSR count). The van der Waals surface area contributed by atoms with Crippen molar-refractivity contribution in [3.8, 4) is 0 Å². The lowest BCUT2D eigenvalue weighted by atomic mass is 10.2. The Morgan fingerprint density at radius 2 is 2.47 bits per heavy atom. The Bertz CT molecular complexity index is 365. The number of piperazine rings is 1. The lowest BCUT2D eigenvalue weighted by Gasteiger charge is -2.29. The van der Waals surface area contributed by atoms with E-state index in [0.29, 0.717) is 31.4 Å². The highest BCUT2D eigenvalue weighted by Crippen LogP contribution is 2.15. The summed E-state index contributed by atoms with van der Waals surface area (Å²) in [6.07, 6.45) is -0.919. The molecule has 2 heterocycles. The van der Waals surface area contributed by atoms with Gasteiger partial charge in [-0.25, -0.2) is 4.79 Å².